The van der Waals surface area contributed by atoms with Crippen molar-refractivity contribution in [2.45, 2.75) is 32.2 Å². The highest BCUT2D eigenvalue weighted by atomic mass is 16.2. The summed E-state index contributed by atoms with van der Waals surface area (Å²) in [5.41, 5.74) is 4.58. The van der Waals surface area contributed by atoms with Crippen molar-refractivity contribution in [3.8, 4) is 11.4 Å². The van der Waals surface area contributed by atoms with E-state index in [9.17, 15) is 4.79 Å². The van der Waals surface area contributed by atoms with Crippen LogP contribution in [0.3, 0.4) is 0 Å². The second-order valence-electron chi connectivity index (χ2n) is 9.95. The molecule has 180 valence electrons. The summed E-state index contributed by atoms with van der Waals surface area (Å²) in [6, 6.07) is 20.7. The average Bonchev–Trinajstić information content (AvgIpc) is 3.74. The van der Waals surface area contributed by atoms with Gasteiger partial charge in [-0.1, -0.05) is 67.6 Å². The van der Waals surface area contributed by atoms with E-state index in [-0.39, 0.29) is 5.92 Å². The molecule has 2 aromatic carbocycles. The first-order valence-corrected chi connectivity index (χ1v) is 13.0. The molecule has 6 rings (SSSR count). The fourth-order valence-electron chi connectivity index (χ4n) is 5.61. The summed E-state index contributed by atoms with van der Waals surface area (Å²) >= 11 is 0. The van der Waals surface area contributed by atoms with E-state index in [2.05, 4.69) is 58.0 Å². The third-order valence-corrected chi connectivity index (χ3v) is 7.84. The fraction of sp³-hybridized carbons (Fsp3) is 0.414. The van der Waals surface area contributed by atoms with Gasteiger partial charge >= 0.3 is 0 Å². The normalized spacial score (nSPS) is 22.1. The summed E-state index contributed by atoms with van der Waals surface area (Å²) in [5.74, 6) is 2.59. The molecule has 6 heteroatoms. The van der Waals surface area contributed by atoms with Gasteiger partial charge < -0.3 is 14.7 Å². The Labute approximate surface area is 207 Å². The van der Waals surface area contributed by atoms with Crippen LogP contribution in [-0.4, -0.2) is 64.9 Å². The molecule has 1 aliphatic carbocycles. The molecule has 0 N–H and O–H groups in total. The lowest BCUT2D eigenvalue weighted by atomic mass is 10.0. The average molecular weight is 468 g/mol. The molecule has 1 amide bonds. The van der Waals surface area contributed by atoms with Crippen molar-refractivity contribution in [3.63, 3.8) is 0 Å². The first-order valence-electron chi connectivity index (χ1n) is 13.0. The molecule has 1 saturated carbocycles. The smallest absolute Gasteiger partial charge is 0.226 e. The van der Waals surface area contributed by atoms with E-state index in [0.29, 0.717) is 18.4 Å². The molecule has 3 heterocycles. The van der Waals surface area contributed by atoms with Gasteiger partial charge in [0.1, 0.15) is 5.82 Å². The number of hydrogen-bond donors (Lipinski definition) is 0. The van der Waals surface area contributed by atoms with Gasteiger partial charge in [0.2, 0.25) is 5.91 Å². The Morgan fingerprint density at radius 2 is 1.63 bits per heavy atom. The van der Waals surface area contributed by atoms with Crippen LogP contribution in [0.2, 0.25) is 0 Å². The number of amides is 1. The Hall–Kier alpha value is -3.25. The Bertz CT molecular complexity index is 1190. The van der Waals surface area contributed by atoms with Crippen molar-refractivity contribution in [3.05, 3.63) is 77.5 Å². The second kappa shape index (κ2) is 9.42. The highest BCUT2D eigenvalue weighted by Crippen LogP contribution is 2.49. The number of carbonyl (C=O) groups is 1. The van der Waals surface area contributed by atoms with E-state index >= 15 is 0 Å². The quantitative estimate of drug-likeness (QED) is 0.568. The number of anilines is 1. The first-order chi connectivity index (χ1) is 17.2. The standard InChI is InChI=1S/C29H33N5O/c1-2-32-15-17-33(18-16-32)28-25-20-34(29(35)24-19-23(24)21-9-5-3-6-10-21)14-13-26(25)30-27(31-28)22-11-7-4-8-12-22/h3-12,23-24H,2,13-20H2,1H3. The van der Waals surface area contributed by atoms with Gasteiger partial charge in [0.15, 0.2) is 5.82 Å². The minimum absolute atomic E-state index is 0.111. The van der Waals surface area contributed by atoms with Crippen molar-refractivity contribution >= 4 is 11.7 Å². The van der Waals surface area contributed by atoms with Crippen LogP contribution < -0.4 is 4.90 Å². The minimum atomic E-state index is 0.111. The number of nitrogens with zero attached hydrogens (tertiary/aromatic N) is 5. The van der Waals surface area contributed by atoms with Crippen LogP contribution in [0.15, 0.2) is 60.7 Å². The summed E-state index contributed by atoms with van der Waals surface area (Å²) in [7, 11) is 0. The number of aromatic nitrogens is 2. The van der Waals surface area contributed by atoms with Gasteiger partial charge in [0.25, 0.3) is 0 Å². The van der Waals surface area contributed by atoms with Crippen LogP contribution in [0.25, 0.3) is 11.4 Å². The number of rotatable bonds is 5. The highest BCUT2D eigenvalue weighted by Gasteiger charge is 2.46. The zero-order chi connectivity index (χ0) is 23.8. The lowest BCUT2D eigenvalue weighted by molar-refractivity contribution is -0.133. The zero-order valence-electron chi connectivity index (χ0n) is 20.4. The Morgan fingerprint density at radius 3 is 2.34 bits per heavy atom. The van der Waals surface area contributed by atoms with Crippen LogP contribution >= 0.6 is 0 Å². The topological polar surface area (TPSA) is 52.6 Å². The number of likely N-dealkylation sites (N-methyl/N-ethyl adjacent to an activating group) is 1. The lowest BCUT2D eigenvalue weighted by Crippen LogP contribution is -2.47. The van der Waals surface area contributed by atoms with Crippen LogP contribution in [0.1, 0.15) is 36.1 Å². The maximum Gasteiger partial charge on any atom is 0.226 e. The molecular weight excluding hydrogens is 434 g/mol. The Balaban J connectivity index is 1.28. The van der Waals surface area contributed by atoms with E-state index in [1.807, 2.05) is 24.3 Å². The molecule has 0 bridgehead atoms. The van der Waals surface area contributed by atoms with Gasteiger partial charge in [0.05, 0.1) is 12.2 Å². The molecular formula is C29H33N5O. The van der Waals surface area contributed by atoms with Gasteiger partial charge in [-0.25, -0.2) is 9.97 Å². The lowest BCUT2D eigenvalue weighted by Gasteiger charge is -2.38. The summed E-state index contributed by atoms with van der Waals surface area (Å²) in [6.07, 6.45) is 1.75. The highest BCUT2D eigenvalue weighted by molar-refractivity contribution is 5.83. The summed E-state index contributed by atoms with van der Waals surface area (Å²) in [5, 5.41) is 0. The van der Waals surface area contributed by atoms with Crippen molar-refractivity contribution < 1.29 is 4.79 Å². The SMILES string of the molecule is CCN1CCN(c2nc(-c3ccccc3)nc3c2CN(C(=O)C2CC2c2ccccc2)CC3)CC1. The first kappa shape index (κ1) is 22.2. The van der Waals surface area contributed by atoms with Gasteiger partial charge in [-0.2, -0.15) is 0 Å². The molecule has 3 aliphatic rings. The van der Waals surface area contributed by atoms with Crippen molar-refractivity contribution in [1.29, 1.82) is 0 Å². The third-order valence-electron chi connectivity index (χ3n) is 7.84. The van der Waals surface area contributed by atoms with E-state index < -0.39 is 0 Å². The number of piperazine rings is 1. The van der Waals surface area contributed by atoms with E-state index in [0.717, 1.165) is 80.6 Å². The zero-order valence-corrected chi connectivity index (χ0v) is 20.4. The van der Waals surface area contributed by atoms with Crippen LogP contribution in [0.4, 0.5) is 5.82 Å². The molecule has 2 unspecified atom stereocenters. The van der Waals surface area contributed by atoms with E-state index in [1.54, 1.807) is 0 Å². The van der Waals surface area contributed by atoms with Crippen LogP contribution in [-0.2, 0) is 17.8 Å². The fourth-order valence-corrected chi connectivity index (χ4v) is 5.61. The van der Waals surface area contributed by atoms with Crippen molar-refractivity contribution in [2.24, 2.45) is 5.92 Å². The molecule has 0 spiro atoms. The van der Waals surface area contributed by atoms with Gasteiger partial charge in [-0.3, -0.25) is 4.79 Å². The predicted molar refractivity (Wildman–Crippen MR) is 138 cm³/mol. The van der Waals surface area contributed by atoms with Gasteiger partial charge in [0, 0.05) is 56.2 Å². The molecule has 1 saturated heterocycles. The van der Waals surface area contributed by atoms with E-state index in [4.69, 9.17) is 9.97 Å². The predicted octanol–water partition coefficient (Wildman–Crippen LogP) is 3.97. The Kier molecular flexibility index (Phi) is 5.98. The second-order valence-corrected chi connectivity index (χ2v) is 9.95. The molecule has 2 aliphatic heterocycles. The summed E-state index contributed by atoms with van der Waals surface area (Å²) in [4.78, 5) is 30.5. The summed E-state index contributed by atoms with van der Waals surface area (Å²) in [6.45, 7) is 8.65. The molecule has 3 aromatic rings. The maximum absolute atomic E-state index is 13.5. The molecule has 2 atom stereocenters. The Morgan fingerprint density at radius 1 is 0.914 bits per heavy atom. The van der Waals surface area contributed by atoms with Gasteiger partial charge in [-0.05, 0) is 24.4 Å². The largest absolute Gasteiger partial charge is 0.354 e. The minimum Gasteiger partial charge on any atom is -0.354 e. The molecule has 2 fully saturated rings. The van der Waals surface area contributed by atoms with E-state index in [1.165, 1.54) is 5.56 Å². The van der Waals surface area contributed by atoms with Crippen molar-refractivity contribution in [2.75, 3.05) is 44.2 Å². The maximum atomic E-state index is 13.5. The molecule has 35 heavy (non-hydrogen) atoms. The number of fused-ring (bicyclic) bond motifs is 1. The molecule has 6 nitrogen and oxygen atoms in total. The number of carbonyl (C=O) groups excluding carboxylic acids is 1. The van der Waals surface area contributed by atoms with Crippen LogP contribution in [0, 0.1) is 5.92 Å². The third kappa shape index (κ3) is 4.43. The van der Waals surface area contributed by atoms with Crippen LogP contribution in [0.5, 0.6) is 0 Å². The van der Waals surface area contributed by atoms with Crippen molar-refractivity contribution in [1.82, 2.24) is 19.8 Å². The molecule has 0 radical (unpaired) electrons. The molecule has 1 aromatic heterocycles. The number of hydrogen-bond acceptors (Lipinski definition) is 5. The summed E-state index contributed by atoms with van der Waals surface area (Å²) < 4.78 is 0. The van der Waals surface area contributed by atoms with Gasteiger partial charge in [-0.15, -0.1) is 0 Å². The monoisotopic (exact) mass is 467 g/mol. The number of benzene rings is 2.